The fourth-order valence-electron chi connectivity index (χ4n) is 3.14. The van der Waals surface area contributed by atoms with Crippen molar-refractivity contribution in [1.29, 1.82) is 0 Å². The van der Waals surface area contributed by atoms with Crippen molar-refractivity contribution < 1.29 is 4.92 Å². The lowest BCUT2D eigenvalue weighted by Gasteiger charge is -2.32. The predicted molar refractivity (Wildman–Crippen MR) is 91.8 cm³/mol. The van der Waals surface area contributed by atoms with E-state index in [1.165, 1.54) is 12.1 Å². The van der Waals surface area contributed by atoms with Crippen molar-refractivity contribution in [3.05, 3.63) is 75.8 Å². The molecule has 0 spiro atoms. The van der Waals surface area contributed by atoms with Gasteiger partial charge < -0.3 is 0 Å². The standard InChI is InChI=1S/C17H16N6O2/c1-21-17(11-13-7-9-15(10-8-13)23(24)25)18-16(12-22(17)20-19-21)14-5-3-2-4-6-14/h2-10H,11-12H2,1H3. The van der Waals surface area contributed by atoms with Crippen LogP contribution in [0.2, 0.25) is 0 Å². The third-order valence-electron chi connectivity index (χ3n) is 4.52. The molecule has 0 amide bonds. The summed E-state index contributed by atoms with van der Waals surface area (Å²) in [6.07, 6.45) is 0.533. The first kappa shape index (κ1) is 15.3. The van der Waals surface area contributed by atoms with E-state index in [-0.39, 0.29) is 5.69 Å². The van der Waals surface area contributed by atoms with Crippen LogP contribution in [0.15, 0.2) is 70.0 Å². The summed E-state index contributed by atoms with van der Waals surface area (Å²) in [5.74, 6) is -0.721. The Hall–Kier alpha value is -3.29. The van der Waals surface area contributed by atoms with Gasteiger partial charge in [0.15, 0.2) is 0 Å². The highest BCUT2D eigenvalue weighted by Crippen LogP contribution is 2.37. The number of aliphatic imine (C=N–C) groups is 1. The molecule has 0 saturated carbocycles. The van der Waals surface area contributed by atoms with Crippen LogP contribution in [0.5, 0.6) is 0 Å². The van der Waals surface area contributed by atoms with Gasteiger partial charge in [0, 0.05) is 25.6 Å². The molecule has 8 heteroatoms. The Balaban J connectivity index is 1.67. The molecule has 126 valence electrons. The highest BCUT2D eigenvalue weighted by molar-refractivity contribution is 6.03. The quantitative estimate of drug-likeness (QED) is 0.634. The lowest BCUT2D eigenvalue weighted by Crippen LogP contribution is -2.49. The number of nitro groups is 1. The van der Waals surface area contributed by atoms with Crippen LogP contribution in [0.25, 0.3) is 0 Å². The van der Waals surface area contributed by atoms with Crippen molar-refractivity contribution in [1.82, 2.24) is 10.0 Å². The van der Waals surface area contributed by atoms with Crippen LogP contribution in [0.1, 0.15) is 11.1 Å². The molecule has 0 bridgehead atoms. The average molecular weight is 336 g/mol. The first-order chi connectivity index (χ1) is 12.1. The number of hydrogen-bond donors (Lipinski definition) is 0. The van der Waals surface area contributed by atoms with Gasteiger partial charge >= 0.3 is 0 Å². The second-order valence-electron chi connectivity index (χ2n) is 6.06. The van der Waals surface area contributed by atoms with E-state index in [1.54, 1.807) is 17.1 Å². The summed E-state index contributed by atoms with van der Waals surface area (Å²) >= 11 is 0. The zero-order valence-corrected chi connectivity index (χ0v) is 13.6. The summed E-state index contributed by atoms with van der Waals surface area (Å²) in [6.45, 7) is 0.574. The van der Waals surface area contributed by atoms with Crippen LogP contribution in [0.4, 0.5) is 5.69 Å². The van der Waals surface area contributed by atoms with Gasteiger partial charge in [-0.3, -0.25) is 10.1 Å². The molecular formula is C17H16N6O2. The largest absolute Gasteiger partial charge is 0.269 e. The lowest BCUT2D eigenvalue weighted by molar-refractivity contribution is -0.384. The normalized spacial score (nSPS) is 21.4. The Morgan fingerprint density at radius 1 is 1.12 bits per heavy atom. The summed E-state index contributed by atoms with van der Waals surface area (Å²) in [4.78, 5) is 15.4. The van der Waals surface area contributed by atoms with Crippen LogP contribution in [0.3, 0.4) is 0 Å². The Labute approximate surface area is 144 Å². The van der Waals surface area contributed by atoms with Crippen molar-refractivity contribution in [2.75, 3.05) is 13.6 Å². The van der Waals surface area contributed by atoms with Crippen molar-refractivity contribution >= 4 is 11.4 Å². The van der Waals surface area contributed by atoms with E-state index in [9.17, 15) is 10.1 Å². The number of nitrogens with zero attached hydrogens (tertiary/aromatic N) is 6. The molecule has 25 heavy (non-hydrogen) atoms. The molecule has 0 N–H and O–H groups in total. The number of rotatable bonds is 4. The maximum atomic E-state index is 10.8. The van der Waals surface area contributed by atoms with E-state index < -0.39 is 10.7 Å². The van der Waals surface area contributed by atoms with E-state index >= 15 is 0 Å². The summed E-state index contributed by atoms with van der Waals surface area (Å²) < 4.78 is 0. The molecule has 2 heterocycles. The molecule has 0 radical (unpaired) electrons. The highest BCUT2D eigenvalue weighted by atomic mass is 16.6. The van der Waals surface area contributed by atoms with Gasteiger partial charge in [-0.2, -0.15) is 0 Å². The van der Waals surface area contributed by atoms with Crippen molar-refractivity contribution in [2.24, 2.45) is 15.4 Å². The Kier molecular flexibility index (Phi) is 3.45. The number of hydrogen-bond acceptors (Lipinski definition) is 7. The van der Waals surface area contributed by atoms with E-state index in [1.807, 2.05) is 42.4 Å². The third-order valence-corrected chi connectivity index (χ3v) is 4.52. The average Bonchev–Trinajstić information content (AvgIpc) is 3.13. The fourth-order valence-corrected chi connectivity index (χ4v) is 3.14. The monoisotopic (exact) mass is 336 g/mol. The molecule has 2 aliphatic heterocycles. The van der Waals surface area contributed by atoms with Crippen molar-refractivity contribution in [3.8, 4) is 0 Å². The lowest BCUT2D eigenvalue weighted by atomic mass is 10.1. The van der Waals surface area contributed by atoms with E-state index in [2.05, 4.69) is 10.4 Å². The number of nitro benzene ring substituents is 1. The Morgan fingerprint density at radius 3 is 2.52 bits per heavy atom. The van der Waals surface area contributed by atoms with Gasteiger partial charge in [0.2, 0.25) is 5.79 Å². The zero-order valence-electron chi connectivity index (χ0n) is 13.6. The molecule has 2 aromatic carbocycles. The van der Waals surface area contributed by atoms with Gasteiger partial charge in [-0.05, 0) is 21.6 Å². The minimum atomic E-state index is -0.721. The summed E-state index contributed by atoms with van der Waals surface area (Å²) in [7, 11) is 1.84. The van der Waals surface area contributed by atoms with Crippen molar-refractivity contribution in [3.63, 3.8) is 0 Å². The number of non-ortho nitro benzene ring substituents is 1. The van der Waals surface area contributed by atoms with E-state index in [0.717, 1.165) is 16.8 Å². The number of fused-ring (bicyclic) bond motifs is 1. The van der Waals surface area contributed by atoms with Gasteiger partial charge in [0.05, 0.1) is 17.2 Å². The fraction of sp³-hybridized carbons (Fsp3) is 0.235. The SMILES string of the molecule is CN1N=NN2CC(c3ccccc3)=NC12Cc1ccc([N+](=O)[O-])cc1. The van der Waals surface area contributed by atoms with Crippen LogP contribution in [-0.4, -0.2) is 40.0 Å². The van der Waals surface area contributed by atoms with Crippen LogP contribution in [-0.2, 0) is 6.42 Å². The summed E-state index contributed by atoms with van der Waals surface area (Å²) in [6, 6.07) is 16.5. The van der Waals surface area contributed by atoms with Crippen LogP contribution < -0.4 is 0 Å². The number of benzene rings is 2. The Morgan fingerprint density at radius 2 is 1.84 bits per heavy atom. The molecule has 2 aromatic rings. The molecule has 1 atom stereocenters. The summed E-state index contributed by atoms with van der Waals surface area (Å²) in [5.41, 5.74) is 3.02. The zero-order chi connectivity index (χ0) is 17.4. The molecule has 2 aliphatic rings. The maximum absolute atomic E-state index is 10.8. The first-order valence-electron chi connectivity index (χ1n) is 7.89. The third kappa shape index (κ3) is 2.51. The molecule has 4 rings (SSSR count). The molecular weight excluding hydrogens is 320 g/mol. The molecule has 0 fully saturated rings. The van der Waals surface area contributed by atoms with E-state index in [0.29, 0.717) is 13.0 Å². The maximum Gasteiger partial charge on any atom is 0.269 e. The topological polar surface area (TPSA) is 86.7 Å². The molecule has 1 unspecified atom stereocenters. The molecule has 8 nitrogen and oxygen atoms in total. The van der Waals surface area contributed by atoms with Crippen LogP contribution in [0, 0.1) is 10.1 Å². The van der Waals surface area contributed by atoms with E-state index in [4.69, 9.17) is 4.99 Å². The van der Waals surface area contributed by atoms with Gasteiger partial charge in [0.1, 0.15) is 0 Å². The molecule has 0 aromatic heterocycles. The second kappa shape index (κ2) is 5.66. The Bertz CT molecular complexity index is 864. The van der Waals surface area contributed by atoms with Gasteiger partial charge in [-0.1, -0.05) is 42.5 Å². The van der Waals surface area contributed by atoms with Gasteiger partial charge in [-0.15, -0.1) is 0 Å². The minimum absolute atomic E-state index is 0.0761. The van der Waals surface area contributed by atoms with Gasteiger partial charge in [-0.25, -0.2) is 15.0 Å². The minimum Gasteiger partial charge on any atom is -0.258 e. The highest BCUT2D eigenvalue weighted by Gasteiger charge is 2.49. The summed E-state index contributed by atoms with van der Waals surface area (Å²) in [5, 5.41) is 22.8. The van der Waals surface area contributed by atoms with Crippen molar-refractivity contribution in [2.45, 2.75) is 12.2 Å². The molecule has 0 aliphatic carbocycles. The predicted octanol–water partition coefficient (Wildman–Crippen LogP) is 2.82. The second-order valence-corrected chi connectivity index (χ2v) is 6.06. The smallest absolute Gasteiger partial charge is 0.258 e. The first-order valence-corrected chi connectivity index (χ1v) is 7.89. The van der Waals surface area contributed by atoms with Crippen LogP contribution >= 0.6 is 0 Å². The van der Waals surface area contributed by atoms with Gasteiger partial charge in [0.25, 0.3) is 5.69 Å². The number of likely N-dealkylation sites (N-methyl/N-ethyl adjacent to an activating group) is 1. The molecule has 0 saturated heterocycles.